The van der Waals surface area contributed by atoms with Crippen molar-refractivity contribution < 1.29 is 27.4 Å². The number of amides is 1. The first kappa shape index (κ1) is 29.1. The molecular weight excluding hydrogens is 525 g/mol. The minimum Gasteiger partial charge on any atom is -0.490 e. The number of anilines is 1. The van der Waals surface area contributed by atoms with Crippen molar-refractivity contribution in [2.75, 3.05) is 44.8 Å². The molecule has 0 saturated carbocycles. The normalized spacial score (nSPS) is 18.5. The van der Waals surface area contributed by atoms with Crippen LogP contribution < -0.4 is 21.6 Å². The molecule has 4 rings (SSSR count). The van der Waals surface area contributed by atoms with Crippen molar-refractivity contribution in [1.29, 1.82) is 0 Å². The molecule has 214 valence electrons. The van der Waals surface area contributed by atoms with E-state index < -0.39 is 17.6 Å². The molecule has 1 aliphatic heterocycles. The lowest BCUT2D eigenvalue weighted by molar-refractivity contribution is -0.137. The number of rotatable bonds is 9. The van der Waals surface area contributed by atoms with Crippen LogP contribution in [0.1, 0.15) is 24.5 Å². The Bertz CT molecular complexity index is 1270. The molecular formula is C28H33F3N6O3. The van der Waals surface area contributed by atoms with E-state index in [0.717, 1.165) is 25.2 Å². The Morgan fingerprint density at radius 2 is 2.08 bits per heavy atom. The zero-order valence-corrected chi connectivity index (χ0v) is 22.2. The summed E-state index contributed by atoms with van der Waals surface area (Å²) in [6.45, 7) is 5.51. The van der Waals surface area contributed by atoms with Crippen LogP contribution in [0.15, 0.2) is 72.3 Å². The molecule has 0 bridgehead atoms. The number of halogens is 3. The summed E-state index contributed by atoms with van der Waals surface area (Å²) in [4.78, 5) is 19.4. The lowest BCUT2D eigenvalue weighted by Crippen LogP contribution is -2.38. The van der Waals surface area contributed by atoms with Crippen LogP contribution in [0.5, 0.6) is 5.75 Å². The van der Waals surface area contributed by atoms with Gasteiger partial charge in [-0.3, -0.25) is 19.7 Å². The van der Waals surface area contributed by atoms with Crippen molar-refractivity contribution in [2.45, 2.75) is 19.5 Å². The number of nitrogens with zero attached hydrogens (tertiary/aromatic N) is 3. The van der Waals surface area contributed by atoms with Crippen molar-refractivity contribution in [3.05, 3.63) is 83.5 Å². The largest absolute Gasteiger partial charge is 0.490 e. The molecule has 2 aliphatic rings. The van der Waals surface area contributed by atoms with Crippen LogP contribution in [0, 0.1) is 5.92 Å². The van der Waals surface area contributed by atoms with E-state index in [1.165, 1.54) is 17.3 Å². The van der Waals surface area contributed by atoms with Gasteiger partial charge in [0, 0.05) is 61.0 Å². The smallest absolute Gasteiger partial charge is 0.416 e. The minimum atomic E-state index is -4.58. The highest BCUT2D eigenvalue weighted by Crippen LogP contribution is 2.36. The number of benzene rings is 1. The topological polar surface area (TPSA) is 119 Å². The molecule has 5 N–H and O–H groups in total. The van der Waals surface area contributed by atoms with Crippen molar-refractivity contribution in [2.24, 2.45) is 17.5 Å². The predicted molar refractivity (Wildman–Crippen MR) is 145 cm³/mol. The zero-order chi connectivity index (χ0) is 28.7. The molecule has 0 spiro atoms. The Balaban J connectivity index is 1.50. The molecule has 1 aliphatic carbocycles. The number of nitrogens with two attached hydrogens (primary N) is 2. The molecule has 9 nitrogen and oxygen atoms in total. The standard InChI is InChI=1S/C28H33F3N6O3/c1-19-4-5-20(15-25(19)37(33)18-23(32)21-3-2-8-34-17-21)27(38)35-24-16-22(28(29,30)31)6-7-26(24)40-14-11-36-9-12-39-13-10-36/h2-3,5-8,15-19H,4,9-14,32-33H2,1H3,(H,35,38)/b23-18-. The van der Waals surface area contributed by atoms with Crippen molar-refractivity contribution in [1.82, 2.24) is 14.9 Å². The summed E-state index contributed by atoms with van der Waals surface area (Å²) in [7, 11) is 0. The summed E-state index contributed by atoms with van der Waals surface area (Å²) >= 11 is 0. The SMILES string of the molecule is CC1CC=C(C(=O)Nc2cc(C(F)(F)F)ccc2OCCN2CCOCC2)C=C1N(N)/C=C(\N)c1cccnc1. The number of hydrazine groups is 1. The van der Waals surface area contributed by atoms with Crippen LogP contribution in [-0.4, -0.2) is 60.3 Å². The van der Waals surface area contributed by atoms with Crippen LogP contribution in [0.25, 0.3) is 5.70 Å². The molecule has 40 heavy (non-hydrogen) atoms. The molecule has 1 aromatic carbocycles. The van der Waals surface area contributed by atoms with E-state index in [0.29, 0.717) is 43.1 Å². The van der Waals surface area contributed by atoms with E-state index >= 15 is 0 Å². The summed E-state index contributed by atoms with van der Waals surface area (Å²) in [5.74, 6) is 5.80. The maximum atomic E-state index is 13.5. The number of hydrogen-bond donors (Lipinski definition) is 3. The molecule has 1 atom stereocenters. The summed E-state index contributed by atoms with van der Waals surface area (Å²) in [5.41, 5.74) is 7.14. The number of aromatic nitrogens is 1. The Morgan fingerprint density at radius 3 is 2.77 bits per heavy atom. The van der Waals surface area contributed by atoms with Crippen LogP contribution in [0.2, 0.25) is 0 Å². The van der Waals surface area contributed by atoms with E-state index in [2.05, 4.69) is 15.2 Å². The molecule has 12 heteroatoms. The number of allylic oxidation sites excluding steroid dienone is 2. The number of carbonyl (C=O) groups is 1. The first-order valence-corrected chi connectivity index (χ1v) is 12.9. The summed E-state index contributed by atoms with van der Waals surface area (Å²) in [5, 5.41) is 3.95. The van der Waals surface area contributed by atoms with Gasteiger partial charge in [0.1, 0.15) is 12.4 Å². The third-order valence-corrected chi connectivity index (χ3v) is 6.66. The van der Waals surface area contributed by atoms with Gasteiger partial charge in [-0.05, 0) is 42.8 Å². The monoisotopic (exact) mass is 558 g/mol. The zero-order valence-electron chi connectivity index (χ0n) is 22.2. The third kappa shape index (κ3) is 7.62. The average Bonchev–Trinajstić information content (AvgIpc) is 2.94. The fourth-order valence-corrected chi connectivity index (χ4v) is 4.34. The number of alkyl halides is 3. The van der Waals surface area contributed by atoms with Crippen LogP contribution in [0.4, 0.5) is 18.9 Å². The first-order valence-electron chi connectivity index (χ1n) is 12.9. The fraction of sp³-hybridized carbons (Fsp3) is 0.357. The maximum Gasteiger partial charge on any atom is 0.416 e. The number of carbonyl (C=O) groups excluding carboxylic acids is 1. The predicted octanol–water partition coefficient (Wildman–Crippen LogP) is 3.73. The van der Waals surface area contributed by atoms with E-state index in [-0.39, 0.29) is 29.5 Å². The highest BCUT2D eigenvalue weighted by molar-refractivity contribution is 6.06. The highest BCUT2D eigenvalue weighted by atomic mass is 19.4. The van der Waals surface area contributed by atoms with E-state index in [4.69, 9.17) is 21.1 Å². The molecule has 1 unspecified atom stereocenters. The van der Waals surface area contributed by atoms with Gasteiger partial charge in [0.15, 0.2) is 0 Å². The number of nitrogens with one attached hydrogen (secondary N) is 1. The number of morpholine rings is 1. The van der Waals surface area contributed by atoms with Gasteiger partial charge in [0.2, 0.25) is 0 Å². The molecule has 1 saturated heterocycles. The second kappa shape index (κ2) is 13.0. The van der Waals surface area contributed by atoms with Gasteiger partial charge in [0.25, 0.3) is 5.91 Å². The highest BCUT2D eigenvalue weighted by Gasteiger charge is 2.32. The van der Waals surface area contributed by atoms with Gasteiger partial charge in [-0.15, -0.1) is 0 Å². The summed E-state index contributed by atoms with van der Waals surface area (Å²) in [6.07, 6.45) is 4.00. The minimum absolute atomic E-state index is 0.0351. The number of ether oxygens (including phenoxy) is 2. The fourth-order valence-electron chi connectivity index (χ4n) is 4.34. The van der Waals surface area contributed by atoms with E-state index in [1.54, 1.807) is 36.7 Å². The Hall–Kier alpha value is -3.87. The first-order chi connectivity index (χ1) is 19.1. The van der Waals surface area contributed by atoms with Gasteiger partial charge in [0.05, 0.1) is 30.2 Å². The van der Waals surface area contributed by atoms with Gasteiger partial charge in [-0.1, -0.05) is 13.0 Å². The second-order valence-corrected chi connectivity index (χ2v) is 9.56. The van der Waals surface area contributed by atoms with Gasteiger partial charge >= 0.3 is 6.18 Å². The number of hydrogen-bond acceptors (Lipinski definition) is 8. The molecule has 1 aromatic heterocycles. The lowest BCUT2D eigenvalue weighted by Gasteiger charge is -2.27. The van der Waals surface area contributed by atoms with Crippen molar-refractivity contribution >= 4 is 17.3 Å². The Kier molecular flexibility index (Phi) is 9.46. The Morgan fingerprint density at radius 1 is 1.30 bits per heavy atom. The average molecular weight is 559 g/mol. The second-order valence-electron chi connectivity index (χ2n) is 9.56. The van der Waals surface area contributed by atoms with Crippen molar-refractivity contribution in [3.8, 4) is 5.75 Å². The summed E-state index contributed by atoms with van der Waals surface area (Å²) in [6, 6.07) is 6.58. The van der Waals surface area contributed by atoms with Crippen LogP contribution >= 0.6 is 0 Å². The maximum absolute atomic E-state index is 13.5. The van der Waals surface area contributed by atoms with Crippen LogP contribution in [0.3, 0.4) is 0 Å². The van der Waals surface area contributed by atoms with Crippen molar-refractivity contribution in [3.63, 3.8) is 0 Å². The van der Waals surface area contributed by atoms with Crippen LogP contribution in [-0.2, 0) is 15.7 Å². The molecule has 0 radical (unpaired) electrons. The van der Waals surface area contributed by atoms with Gasteiger partial charge in [-0.25, -0.2) is 5.84 Å². The lowest BCUT2D eigenvalue weighted by atomic mass is 9.94. The molecule has 1 amide bonds. The third-order valence-electron chi connectivity index (χ3n) is 6.66. The number of pyridine rings is 1. The quantitative estimate of drug-likeness (QED) is 0.315. The summed E-state index contributed by atoms with van der Waals surface area (Å²) < 4.78 is 51.5. The van der Waals surface area contributed by atoms with Gasteiger partial charge in [-0.2, -0.15) is 13.2 Å². The molecule has 2 heterocycles. The molecule has 1 fully saturated rings. The van der Waals surface area contributed by atoms with E-state index in [1.807, 2.05) is 6.92 Å². The molecule has 2 aromatic rings. The van der Waals surface area contributed by atoms with Gasteiger partial charge < -0.3 is 20.5 Å². The Labute approximate surface area is 230 Å². The van der Waals surface area contributed by atoms with E-state index in [9.17, 15) is 18.0 Å².